The molecule has 0 bridgehead atoms. The number of nitrogens with one attached hydrogen (secondary N) is 1. The average Bonchev–Trinajstić information content (AvgIpc) is 3.37. The molecule has 1 unspecified atom stereocenters. The molecule has 2 heterocycles. The molecule has 1 aliphatic rings. The zero-order chi connectivity index (χ0) is 25.5. The van der Waals surface area contributed by atoms with Gasteiger partial charge < -0.3 is 9.64 Å². The summed E-state index contributed by atoms with van der Waals surface area (Å²) in [5, 5.41) is 0. The van der Waals surface area contributed by atoms with Crippen molar-refractivity contribution in [3.63, 3.8) is 0 Å². The number of aromatic nitrogens is 1. The summed E-state index contributed by atoms with van der Waals surface area (Å²) in [6.45, 7) is 1.45. The number of carbonyl (C=O) groups excluding carboxylic acids is 1. The Kier molecular flexibility index (Phi) is 8.37. The third-order valence-electron chi connectivity index (χ3n) is 5.74. The Morgan fingerprint density at radius 1 is 1.14 bits per heavy atom. The van der Waals surface area contributed by atoms with Crippen LogP contribution < -0.4 is 5.48 Å². The highest BCUT2D eigenvalue weighted by molar-refractivity contribution is 7.90. The van der Waals surface area contributed by atoms with Crippen LogP contribution in [-0.2, 0) is 30.9 Å². The molecule has 1 fully saturated rings. The standard InChI is InChI=1S/C27H31N3O5S/c1-29(2)19-21-9-12-23(13-10-21)24-6-5-7-25(18-24)36(32,33)30-16-15-22(20-30)11-14-26(31)28-35-27-8-3-4-17-34-27/h5-7,9-16,18,20,27H,3-4,8,17,19H2,1-2H3,(H,28,31). The van der Waals surface area contributed by atoms with Crippen LogP contribution >= 0.6 is 0 Å². The van der Waals surface area contributed by atoms with Gasteiger partial charge in [0, 0.05) is 38.0 Å². The van der Waals surface area contributed by atoms with Gasteiger partial charge in [-0.15, -0.1) is 0 Å². The molecule has 8 nitrogen and oxygen atoms in total. The first-order valence-corrected chi connectivity index (χ1v) is 13.3. The van der Waals surface area contributed by atoms with E-state index in [2.05, 4.69) is 10.4 Å². The number of ether oxygens (including phenoxy) is 1. The third-order valence-corrected chi connectivity index (χ3v) is 7.37. The second kappa shape index (κ2) is 11.7. The van der Waals surface area contributed by atoms with E-state index in [1.54, 1.807) is 24.3 Å². The van der Waals surface area contributed by atoms with Gasteiger partial charge in [0.15, 0.2) is 6.29 Å². The monoisotopic (exact) mass is 509 g/mol. The second-order valence-corrected chi connectivity index (χ2v) is 10.8. The van der Waals surface area contributed by atoms with Crippen molar-refractivity contribution in [3.8, 4) is 11.1 Å². The molecule has 3 aromatic rings. The molecule has 0 spiro atoms. The Morgan fingerprint density at radius 2 is 1.94 bits per heavy atom. The van der Waals surface area contributed by atoms with Gasteiger partial charge in [-0.1, -0.05) is 36.4 Å². The second-order valence-electron chi connectivity index (χ2n) is 8.96. The van der Waals surface area contributed by atoms with Gasteiger partial charge in [-0.25, -0.2) is 22.7 Å². The summed E-state index contributed by atoms with van der Waals surface area (Å²) in [5.41, 5.74) is 5.85. The van der Waals surface area contributed by atoms with Crippen LogP contribution in [0.4, 0.5) is 0 Å². The van der Waals surface area contributed by atoms with E-state index >= 15 is 0 Å². The van der Waals surface area contributed by atoms with E-state index in [-0.39, 0.29) is 4.90 Å². The van der Waals surface area contributed by atoms with Crippen molar-refractivity contribution in [1.29, 1.82) is 0 Å². The van der Waals surface area contributed by atoms with Crippen molar-refractivity contribution < 1.29 is 22.8 Å². The number of hydroxylamine groups is 1. The van der Waals surface area contributed by atoms with Gasteiger partial charge in [0.2, 0.25) is 0 Å². The Balaban J connectivity index is 1.43. The molecule has 4 rings (SSSR count). The maximum absolute atomic E-state index is 13.2. The molecular formula is C27H31N3O5S. The molecule has 9 heteroatoms. The summed E-state index contributed by atoms with van der Waals surface area (Å²) >= 11 is 0. The van der Waals surface area contributed by atoms with Crippen LogP contribution in [0.2, 0.25) is 0 Å². The van der Waals surface area contributed by atoms with Crippen molar-refractivity contribution in [2.75, 3.05) is 20.7 Å². The Hall–Kier alpha value is -3.24. The summed E-state index contributed by atoms with van der Waals surface area (Å²) in [4.78, 5) is 19.5. The van der Waals surface area contributed by atoms with Crippen LogP contribution in [0.15, 0.2) is 78.0 Å². The summed E-state index contributed by atoms with van der Waals surface area (Å²) in [7, 11) is 0.229. The number of amides is 1. The molecule has 190 valence electrons. The van der Waals surface area contributed by atoms with Gasteiger partial charge in [0.25, 0.3) is 15.9 Å². The van der Waals surface area contributed by atoms with Crippen molar-refractivity contribution in [1.82, 2.24) is 14.4 Å². The molecular weight excluding hydrogens is 478 g/mol. The first-order chi connectivity index (χ1) is 17.3. The predicted octanol–water partition coefficient (Wildman–Crippen LogP) is 4.04. The van der Waals surface area contributed by atoms with E-state index in [0.29, 0.717) is 12.2 Å². The Bertz CT molecular complexity index is 1310. The average molecular weight is 510 g/mol. The largest absolute Gasteiger partial charge is 0.350 e. The van der Waals surface area contributed by atoms with Gasteiger partial charge >= 0.3 is 0 Å². The number of nitrogens with zero attached hydrogens (tertiary/aromatic N) is 2. The highest BCUT2D eigenvalue weighted by atomic mass is 32.2. The lowest BCUT2D eigenvalue weighted by Crippen LogP contribution is -2.32. The molecule has 1 aliphatic heterocycles. The van der Waals surface area contributed by atoms with Gasteiger partial charge in [-0.05, 0) is 73.5 Å². The summed E-state index contributed by atoms with van der Waals surface area (Å²) in [6.07, 6.45) is 8.01. The molecule has 0 radical (unpaired) electrons. The van der Waals surface area contributed by atoms with Crippen LogP contribution in [0.5, 0.6) is 0 Å². The maximum atomic E-state index is 13.2. The maximum Gasteiger partial charge on any atom is 0.267 e. The first-order valence-electron chi connectivity index (χ1n) is 11.8. The van der Waals surface area contributed by atoms with E-state index in [1.807, 2.05) is 44.4 Å². The summed E-state index contributed by atoms with van der Waals surface area (Å²) in [5.74, 6) is -0.455. The minimum atomic E-state index is -3.80. The van der Waals surface area contributed by atoms with Gasteiger partial charge in [0.05, 0.1) is 4.90 Å². The molecule has 1 aromatic heterocycles. The number of benzene rings is 2. The highest BCUT2D eigenvalue weighted by Gasteiger charge is 2.18. The lowest BCUT2D eigenvalue weighted by molar-refractivity contribution is -0.198. The minimum absolute atomic E-state index is 0.183. The van der Waals surface area contributed by atoms with Crippen molar-refractivity contribution >= 4 is 22.0 Å². The molecule has 1 N–H and O–H groups in total. The third kappa shape index (κ3) is 6.70. The predicted molar refractivity (Wildman–Crippen MR) is 138 cm³/mol. The number of carbonyl (C=O) groups is 1. The van der Waals surface area contributed by atoms with Crippen LogP contribution in [0, 0.1) is 0 Å². The fraction of sp³-hybridized carbons (Fsp3) is 0.296. The van der Waals surface area contributed by atoms with E-state index in [4.69, 9.17) is 9.57 Å². The zero-order valence-electron chi connectivity index (χ0n) is 20.5. The zero-order valence-corrected chi connectivity index (χ0v) is 21.3. The number of rotatable bonds is 9. The van der Waals surface area contributed by atoms with E-state index < -0.39 is 22.2 Å². The molecule has 0 aliphatic carbocycles. The van der Waals surface area contributed by atoms with Crippen LogP contribution in [0.25, 0.3) is 17.2 Å². The van der Waals surface area contributed by atoms with Crippen LogP contribution in [-0.4, -0.2) is 50.2 Å². The van der Waals surface area contributed by atoms with E-state index in [9.17, 15) is 13.2 Å². The summed E-state index contributed by atoms with van der Waals surface area (Å²) < 4.78 is 33.0. The van der Waals surface area contributed by atoms with Crippen LogP contribution in [0.1, 0.15) is 30.4 Å². The normalized spacial score (nSPS) is 16.5. The topological polar surface area (TPSA) is 89.9 Å². The summed E-state index contributed by atoms with van der Waals surface area (Å²) in [6, 6.07) is 16.6. The van der Waals surface area contributed by atoms with Gasteiger partial charge in [-0.2, -0.15) is 0 Å². The number of hydrogen-bond donors (Lipinski definition) is 1. The fourth-order valence-electron chi connectivity index (χ4n) is 3.90. The molecule has 1 saturated heterocycles. The van der Waals surface area contributed by atoms with Gasteiger partial charge in [0.1, 0.15) is 0 Å². The lowest BCUT2D eigenvalue weighted by atomic mass is 10.0. The highest BCUT2D eigenvalue weighted by Crippen LogP contribution is 2.25. The van der Waals surface area contributed by atoms with Crippen LogP contribution in [0.3, 0.4) is 0 Å². The lowest BCUT2D eigenvalue weighted by Gasteiger charge is -2.21. The molecule has 2 aromatic carbocycles. The Morgan fingerprint density at radius 3 is 2.67 bits per heavy atom. The van der Waals surface area contributed by atoms with Crippen molar-refractivity contribution in [3.05, 3.63) is 84.2 Å². The molecule has 1 amide bonds. The quantitative estimate of drug-likeness (QED) is 0.346. The first kappa shape index (κ1) is 25.8. The van der Waals surface area contributed by atoms with Gasteiger partial charge in [-0.3, -0.25) is 4.79 Å². The SMILES string of the molecule is CN(C)Cc1ccc(-c2cccc(S(=O)(=O)n3ccc(C=CC(=O)NOC4CCCCO4)c3)c2)cc1. The van der Waals surface area contributed by atoms with E-state index in [1.165, 1.54) is 30.1 Å². The minimum Gasteiger partial charge on any atom is -0.350 e. The molecule has 0 saturated carbocycles. The fourth-order valence-corrected chi connectivity index (χ4v) is 5.15. The van der Waals surface area contributed by atoms with Crippen molar-refractivity contribution in [2.45, 2.75) is 37.0 Å². The number of hydrogen-bond acceptors (Lipinski definition) is 6. The molecule has 36 heavy (non-hydrogen) atoms. The molecule has 1 atom stereocenters. The smallest absolute Gasteiger partial charge is 0.267 e. The Labute approximate surface area is 212 Å². The van der Waals surface area contributed by atoms with Crippen molar-refractivity contribution in [2.24, 2.45) is 0 Å². The van der Waals surface area contributed by atoms with E-state index in [0.717, 1.165) is 40.9 Å².